The quantitative estimate of drug-likeness (QED) is 0.815. The molecule has 84 valence electrons. The van der Waals surface area contributed by atoms with E-state index in [0.717, 1.165) is 29.0 Å². The van der Waals surface area contributed by atoms with E-state index in [-0.39, 0.29) is 0 Å². The molecule has 0 spiro atoms. The van der Waals surface area contributed by atoms with E-state index in [1.807, 2.05) is 11.0 Å². The molecule has 3 rings (SSSR count). The van der Waals surface area contributed by atoms with Crippen LogP contribution in [0.4, 0.5) is 5.69 Å². The van der Waals surface area contributed by atoms with Crippen LogP contribution in [0.3, 0.4) is 0 Å². The third kappa shape index (κ3) is 1.88. The van der Waals surface area contributed by atoms with E-state index in [1.165, 1.54) is 18.4 Å². The van der Waals surface area contributed by atoms with Gasteiger partial charge in [0.2, 0.25) is 5.91 Å². The fourth-order valence-corrected chi connectivity index (χ4v) is 2.70. The van der Waals surface area contributed by atoms with E-state index in [4.69, 9.17) is 0 Å². The van der Waals surface area contributed by atoms with E-state index in [9.17, 15) is 4.79 Å². The third-order valence-electron chi connectivity index (χ3n) is 3.38. The summed E-state index contributed by atoms with van der Waals surface area (Å²) >= 11 is 3.49. The molecule has 1 aliphatic carbocycles. The van der Waals surface area contributed by atoms with Gasteiger partial charge in [0.1, 0.15) is 0 Å². The summed E-state index contributed by atoms with van der Waals surface area (Å²) in [5.41, 5.74) is 2.43. The minimum absolute atomic E-state index is 0.293. The number of hydrogen-bond donors (Lipinski definition) is 0. The summed E-state index contributed by atoms with van der Waals surface area (Å²) in [5, 5.41) is 0. The standard InChI is InChI=1S/C13H14BrNO/c14-11-4-5-12-10(7-11)3-6-13(16)15(12)8-9-1-2-9/h4-5,7,9H,1-3,6,8H2. The lowest BCUT2D eigenvalue weighted by molar-refractivity contribution is -0.118. The van der Waals surface area contributed by atoms with Crippen molar-refractivity contribution in [2.45, 2.75) is 25.7 Å². The molecule has 0 radical (unpaired) electrons. The number of fused-ring (bicyclic) bond motifs is 1. The van der Waals surface area contributed by atoms with Crippen LogP contribution in [0.25, 0.3) is 0 Å². The maximum absolute atomic E-state index is 11.9. The van der Waals surface area contributed by atoms with Gasteiger partial charge in [-0.25, -0.2) is 0 Å². The lowest BCUT2D eigenvalue weighted by Crippen LogP contribution is -2.36. The minimum Gasteiger partial charge on any atom is -0.312 e. The fourth-order valence-electron chi connectivity index (χ4n) is 2.29. The maximum Gasteiger partial charge on any atom is 0.227 e. The van der Waals surface area contributed by atoms with Gasteiger partial charge in [-0.2, -0.15) is 0 Å². The summed E-state index contributed by atoms with van der Waals surface area (Å²) in [7, 11) is 0. The summed E-state index contributed by atoms with van der Waals surface area (Å²) in [6.45, 7) is 0.924. The summed E-state index contributed by atoms with van der Waals surface area (Å²) < 4.78 is 1.10. The summed E-state index contributed by atoms with van der Waals surface area (Å²) in [4.78, 5) is 13.9. The molecule has 1 aliphatic heterocycles. The molecule has 1 fully saturated rings. The Bertz CT molecular complexity index is 440. The lowest BCUT2D eigenvalue weighted by Gasteiger charge is -2.29. The summed E-state index contributed by atoms with van der Waals surface area (Å²) in [6.07, 6.45) is 4.12. The Morgan fingerprint density at radius 1 is 1.31 bits per heavy atom. The second-order valence-electron chi connectivity index (χ2n) is 4.72. The number of carbonyl (C=O) groups is 1. The predicted molar refractivity (Wildman–Crippen MR) is 67.5 cm³/mol. The predicted octanol–water partition coefficient (Wildman–Crippen LogP) is 3.14. The summed E-state index contributed by atoms with van der Waals surface area (Å²) in [5.74, 6) is 1.04. The van der Waals surface area contributed by atoms with Gasteiger partial charge < -0.3 is 4.90 Å². The highest BCUT2D eigenvalue weighted by Gasteiger charge is 2.30. The van der Waals surface area contributed by atoms with Gasteiger partial charge in [0.05, 0.1) is 0 Å². The Kier molecular flexibility index (Phi) is 2.51. The van der Waals surface area contributed by atoms with Gasteiger partial charge in [-0.1, -0.05) is 15.9 Å². The molecule has 0 bridgehead atoms. The van der Waals surface area contributed by atoms with Crippen LogP contribution in [0.1, 0.15) is 24.8 Å². The Balaban J connectivity index is 1.95. The lowest BCUT2D eigenvalue weighted by atomic mass is 10.0. The highest BCUT2D eigenvalue weighted by atomic mass is 79.9. The van der Waals surface area contributed by atoms with Crippen LogP contribution < -0.4 is 4.90 Å². The molecule has 2 nitrogen and oxygen atoms in total. The zero-order valence-electron chi connectivity index (χ0n) is 9.08. The van der Waals surface area contributed by atoms with Crippen LogP contribution >= 0.6 is 15.9 Å². The van der Waals surface area contributed by atoms with Crippen LogP contribution in [0.5, 0.6) is 0 Å². The fraction of sp³-hybridized carbons (Fsp3) is 0.462. The molecule has 0 N–H and O–H groups in total. The Labute approximate surface area is 104 Å². The SMILES string of the molecule is O=C1CCc2cc(Br)ccc2N1CC1CC1. The largest absolute Gasteiger partial charge is 0.312 e. The van der Waals surface area contributed by atoms with Gasteiger partial charge in [-0.05, 0) is 48.9 Å². The first kappa shape index (κ1) is 10.3. The molecule has 0 atom stereocenters. The number of benzene rings is 1. The van der Waals surface area contributed by atoms with Gasteiger partial charge in [0.25, 0.3) is 0 Å². The number of anilines is 1. The number of halogens is 1. The van der Waals surface area contributed by atoms with E-state index in [0.29, 0.717) is 12.3 Å². The number of aryl methyl sites for hydroxylation is 1. The Morgan fingerprint density at radius 2 is 2.12 bits per heavy atom. The highest BCUT2D eigenvalue weighted by molar-refractivity contribution is 9.10. The number of amides is 1. The van der Waals surface area contributed by atoms with Crippen molar-refractivity contribution in [3.8, 4) is 0 Å². The van der Waals surface area contributed by atoms with Crippen molar-refractivity contribution in [1.82, 2.24) is 0 Å². The van der Waals surface area contributed by atoms with Crippen molar-refractivity contribution in [3.05, 3.63) is 28.2 Å². The van der Waals surface area contributed by atoms with Gasteiger partial charge in [-0.3, -0.25) is 4.79 Å². The normalized spacial score (nSPS) is 19.8. The van der Waals surface area contributed by atoms with Gasteiger partial charge >= 0.3 is 0 Å². The second kappa shape index (κ2) is 3.88. The van der Waals surface area contributed by atoms with Crippen molar-refractivity contribution in [2.24, 2.45) is 5.92 Å². The van der Waals surface area contributed by atoms with Crippen molar-refractivity contribution in [3.63, 3.8) is 0 Å². The van der Waals surface area contributed by atoms with Gasteiger partial charge in [0.15, 0.2) is 0 Å². The smallest absolute Gasteiger partial charge is 0.227 e. The van der Waals surface area contributed by atoms with Gasteiger partial charge in [-0.15, -0.1) is 0 Å². The molecule has 2 aliphatic rings. The number of carbonyl (C=O) groups excluding carboxylic acids is 1. The Morgan fingerprint density at radius 3 is 2.88 bits per heavy atom. The van der Waals surface area contributed by atoms with E-state index >= 15 is 0 Å². The third-order valence-corrected chi connectivity index (χ3v) is 3.87. The molecule has 0 saturated heterocycles. The molecule has 1 heterocycles. The second-order valence-corrected chi connectivity index (χ2v) is 5.64. The van der Waals surface area contributed by atoms with Crippen LogP contribution in [0, 0.1) is 5.92 Å². The first-order chi connectivity index (χ1) is 7.74. The molecule has 1 amide bonds. The molecule has 1 aromatic rings. The monoisotopic (exact) mass is 279 g/mol. The average Bonchev–Trinajstić information content (AvgIpc) is 3.06. The van der Waals surface area contributed by atoms with Crippen LogP contribution in [-0.2, 0) is 11.2 Å². The van der Waals surface area contributed by atoms with Crippen LogP contribution in [-0.4, -0.2) is 12.5 Å². The topological polar surface area (TPSA) is 20.3 Å². The minimum atomic E-state index is 0.293. The zero-order chi connectivity index (χ0) is 11.1. The van der Waals surface area contributed by atoms with Crippen molar-refractivity contribution in [1.29, 1.82) is 0 Å². The first-order valence-electron chi connectivity index (χ1n) is 5.83. The summed E-state index contributed by atoms with van der Waals surface area (Å²) in [6, 6.07) is 6.23. The molecular formula is C13H14BrNO. The van der Waals surface area contributed by atoms with Crippen molar-refractivity contribution in [2.75, 3.05) is 11.4 Å². The molecule has 3 heteroatoms. The van der Waals surface area contributed by atoms with Crippen LogP contribution in [0.2, 0.25) is 0 Å². The molecule has 1 saturated carbocycles. The number of hydrogen-bond acceptors (Lipinski definition) is 1. The molecule has 1 aromatic carbocycles. The first-order valence-corrected chi connectivity index (χ1v) is 6.62. The van der Waals surface area contributed by atoms with Crippen LogP contribution in [0.15, 0.2) is 22.7 Å². The van der Waals surface area contributed by atoms with Gasteiger partial charge in [0, 0.05) is 23.1 Å². The number of nitrogens with zero attached hydrogens (tertiary/aromatic N) is 1. The number of rotatable bonds is 2. The van der Waals surface area contributed by atoms with Crippen molar-refractivity contribution < 1.29 is 4.79 Å². The maximum atomic E-state index is 11.9. The molecule has 16 heavy (non-hydrogen) atoms. The van der Waals surface area contributed by atoms with Crippen molar-refractivity contribution >= 4 is 27.5 Å². The Hall–Kier alpha value is -0.830. The van der Waals surface area contributed by atoms with E-state index in [1.54, 1.807) is 0 Å². The van der Waals surface area contributed by atoms with E-state index < -0.39 is 0 Å². The van der Waals surface area contributed by atoms with E-state index in [2.05, 4.69) is 28.1 Å². The molecule has 0 aromatic heterocycles. The molecular weight excluding hydrogens is 266 g/mol. The molecule has 0 unspecified atom stereocenters. The highest BCUT2D eigenvalue weighted by Crippen LogP contribution is 2.35. The average molecular weight is 280 g/mol. The zero-order valence-corrected chi connectivity index (χ0v) is 10.7.